The van der Waals surface area contributed by atoms with Gasteiger partial charge in [-0.3, -0.25) is 0 Å². The first-order chi connectivity index (χ1) is 7.70. The fraction of sp³-hybridized carbons (Fsp3) is 0.200. The Labute approximate surface area is 96.9 Å². The molecule has 0 amide bonds. The molecule has 0 radical (unpaired) electrons. The quantitative estimate of drug-likeness (QED) is 0.809. The van der Waals surface area contributed by atoms with E-state index in [2.05, 4.69) is 56.3 Å². The summed E-state index contributed by atoms with van der Waals surface area (Å²) in [6, 6.07) is 15.0. The highest BCUT2D eigenvalue weighted by Crippen LogP contribution is 2.22. The molecule has 0 spiro atoms. The standard InChI is InChI=1S/C15H17N/c1-11-3-6-13(7-4-11)14-8-5-12(2)15(9-14)10-16/h3-9H,10,16H2,1-2H3. The van der Waals surface area contributed by atoms with Gasteiger partial charge in [0.05, 0.1) is 0 Å². The minimum Gasteiger partial charge on any atom is -0.326 e. The molecule has 0 unspecified atom stereocenters. The van der Waals surface area contributed by atoms with E-state index in [-0.39, 0.29) is 0 Å². The normalized spacial score (nSPS) is 10.4. The van der Waals surface area contributed by atoms with Crippen molar-refractivity contribution in [2.75, 3.05) is 0 Å². The molecule has 0 aliphatic heterocycles. The van der Waals surface area contributed by atoms with Crippen molar-refractivity contribution in [1.29, 1.82) is 0 Å². The van der Waals surface area contributed by atoms with Crippen molar-refractivity contribution in [3.8, 4) is 11.1 Å². The van der Waals surface area contributed by atoms with Gasteiger partial charge in [0, 0.05) is 6.54 Å². The molecule has 0 saturated heterocycles. The molecule has 2 rings (SSSR count). The monoisotopic (exact) mass is 211 g/mol. The Morgan fingerprint density at radius 3 is 2.12 bits per heavy atom. The number of hydrogen-bond donors (Lipinski definition) is 1. The van der Waals surface area contributed by atoms with Crippen molar-refractivity contribution >= 4 is 0 Å². The van der Waals surface area contributed by atoms with Crippen LogP contribution in [0.1, 0.15) is 16.7 Å². The Kier molecular flexibility index (Phi) is 3.07. The van der Waals surface area contributed by atoms with Gasteiger partial charge in [-0.15, -0.1) is 0 Å². The van der Waals surface area contributed by atoms with Crippen LogP contribution < -0.4 is 5.73 Å². The second-order valence-electron chi connectivity index (χ2n) is 4.21. The molecule has 16 heavy (non-hydrogen) atoms. The fourth-order valence-corrected chi connectivity index (χ4v) is 1.82. The van der Waals surface area contributed by atoms with Crippen molar-refractivity contribution in [3.05, 3.63) is 59.2 Å². The van der Waals surface area contributed by atoms with Crippen LogP contribution >= 0.6 is 0 Å². The lowest BCUT2D eigenvalue weighted by atomic mass is 9.99. The summed E-state index contributed by atoms with van der Waals surface area (Å²) < 4.78 is 0. The van der Waals surface area contributed by atoms with Crippen molar-refractivity contribution in [1.82, 2.24) is 0 Å². The van der Waals surface area contributed by atoms with E-state index in [1.54, 1.807) is 0 Å². The number of aryl methyl sites for hydroxylation is 2. The van der Waals surface area contributed by atoms with Gasteiger partial charge in [0.25, 0.3) is 0 Å². The molecular formula is C15H17N. The molecule has 0 aliphatic carbocycles. The van der Waals surface area contributed by atoms with Gasteiger partial charge >= 0.3 is 0 Å². The smallest absolute Gasteiger partial charge is 0.0180 e. The zero-order chi connectivity index (χ0) is 11.5. The van der Waals surface area contributed by atoms with Gasteiger partial charge in [0.1, 0.15) is 0 Å². The largest absolute Gasteiger partial charge is 0.326 e. The number of rotatable bonds is 2. The van der Waals surface area contributed by atoms with E-state index >= 15 is 0 Å². The Bertz CT molecular complexity index is 483. The summed E-state index contributed by atoms with van der Waals surface area (Å²) in [5.74, 6) is 0. The van der Waals surface area contributed by atoms with Crippen LogP contribution in [-0.2, 0) is 6.54 Å². The van der Waals surface area contributed by atoms with Crippen molar-refractivity contribution in [3.63, 3.8) is 0 Å². The van der Waals surface area contributed by atoms with E-state index in [9.17, 15) is 0 Å². The van der Waals surface area contributed by atoms with Gasteiger partial charge in [-0.2, -0.15) is 0 Å². The number of benzene rings is 2. The van der Waals surface area contributed by atoms with Crippen LogP contribution in [0, 0.1) is 13.8 Å². The Balaban J connectivity index is 2.44. The molecule has 0 fully saturated rings. The first kappa shape index (κ1) is 10.9. The molecule has 0 aromatic heterocycles. The van der Waals surface area contributed by atoms with Crippen molar-refractivity contribution < 1.29 is 0 Å². The minimum absolute atomic E-state index is 0.603. The van der Waals surface area contributed by atoms with Crippen LogP contribution in [0.5, 0.6) is 0 Å². The third-order valence-electron chi connectivity index (χ3n) is 2.95. The van der Waals surface area contributed by atoms with Gasteiger partial charge in [-0.1, -0.05) is 42.0 Å². The molecule has 0 saturated carbocycles. The van der Waals surface area contributed by atoms with E-state index < -0.39 is 0 Å². The van der Waals surface area contributed by atoms with Gasteiger partial charge in [-0.05, 0) is 42.2 Å². The highest BCUT2D eigenvalue weighted by molar-refractivity contribution is 5.65. The topological polar surface area (TPSA) is 26.0 Å². The molecule has 1 nitrogen and oxygen atoms in total. The van der Waals surface area contributed by atoms with E-state index in [1.807, 2.05) is 0 Å². The van der Waals surface area contributed by atoms with Gasteiger partial charge in [0.15, 0.2) is 0 Å². The van der Waals surface area contributed by atoms with Gasteiger partial charge < -0.3 is 5.73 Å². The Morgan fingerprint density at radius 1 is 0.875 bits per heavy atom. The molecule has 0 heterocycles. The maximum atomic E-state index is 5.72. The number of nitrogens with two attached hydrogens (primary N) is 1. The van der Waals surface area contributed by atoms with Crippen LogP contribution in [0.15, 0.2) is 42.5 Å². The fourth-order valence-electron chi connectivity index (χ4n) is 1.82. The van der Waals surface area contributed by atoms with Crippen molar-refractivity contribution in [2.24, 2.45) is 5.73 Å². The summed E-state index contributed by atoms with van der Waals surface area (Å²) in [7, 11) is 0. The number of hydrogen-bond acceptors (Lipinski definition) is 1. The van der Waals surface area contributed by atoms with Gasteiger partial charge in [0.2, 0.25) is 0 Å². The lowest BCUT2D eigenvalue weighted by Crippen LogP contribution is -1.99. The van der Waals surface area contributed by atoms with Crippen LogP contribution in [0.2, 0.25) is 0 Å². The van der Waals surface area contributed by atoms with Crippen molar-refractivity contribution in [2.45, 2.75) is 20.4 Å². The summed E-state index contributed by atoms with van der Waals surface area (Å²) in [5, 5.41) is 0. The summed E-state index contributed by atoms with van der Waals surface area (Å²) in [4.78, 5) is 0. The van der Waals surface area contributed by atoms with E-state index in [4.69, 9.17) is 5.73 Å². The summed E-state index contributed by atoms with van der Waals surface area (Å²) >= 11 is 0. The average molecular weight is 211 g/mol. The van der Waals surface area contributed by atoms with E-state index in [0.717, 1.165) is 0 Å². The van der Waals surface area contributed by atoms with Crippen LogP contribution in [-0.4, -0.2) is 0 Å². The molecule has 2 aromatic carbocycles. The molecule has 1 heteroatoms. The van der Waals surface area contributed by atoms with Crippen LogP contribution in [0.25, 0.3) is 11.1 Å². The first-order valence-electron chi connectivity index (χ1n) is 5.57. The highest BCUT2D eigenvalue weighted by atomic mass is 14.5. The Morgan fingerprint density at radius 2 is 1.50 bits per heavy atom. The first-order valence-corrected chi connectivity index (χ1v) is 5.57. The molecule has 0 aliphatic rings. The van der Waals surface area contributed by atoms with Crippen LogP contribution in [0.4, 0.5) is 0 Å². The second-order valence-corrected chi connectivity index (χ2v) is 4.21. The molecule has 82 valence electrons. The molecule has 0 bridgehead atoms. The Hall–Kier alpha value is -1.60. The maximum absolute atomic E-state index is 5.72. The third-order valence-corrected chi connectivity index (χ3v) is 2.95. The predicted octanol–water partition coefficient (Wildman–Crippen LogP) is 3.43. The van der Waals surface area contributed by atoms with E-state index in [1.165, 1.54) is 27.8 Å². The van der Waals surface area contributed by atoms with E-state index in [0.29, 0.717) is 6.54 Å². The van der Waals surface area contributed by atoms with Gasteiger partial charge in [-0.25, -0.2) is 0 Å². The SMILES string of the molecule is Cc1ccc(-c2ccc(C)c(CN)c2)cc1. The predicted molar refractivity (Wildman–Crippen MR) is 69.2 cm³/mol. The molecule has 2 aromatic rings. The van der Waals surface area contributed by atoms with Crippen LogP contribution in [0.3, 0.4) is 0 Å². The summed E-state index contributed by atoms with van der Waals surface area (Å²) in [5.41, 5.74) is 12.0. The lowest BCUT2D eigenvalue weighted by Gasteiger charge is -2.07. The second kappa shape index (κ2) is 4.50. The maximum Gasteiger partial charge on any atom is 0.0180 e. The minimum atomic E-state index is 0.603. The average Bonchev–Trinajstić information content (AvgIpc) is 2.31. The highest BCUT2D eigenvalue weighted by Gasteiger charge is 2.01. The molecule has 0 atom stereocenters. The molecule has 2 N–H and O–H groups in total. The summed E-state index contributed by atoms with van der Waals surface area (Å²) in [6.07, 6.45) is 0. The third kappa shape index (κ3) is 2.15. The summed E-state index contributed by atoms with van der Waals surface area (Å²) in [6.45, 7) is 4.80. The zero-order valence-electron chi connectivity index (χ0n) is 9.83. The lowest BCUT2D eigenvalue weighted by molar-refractivity contribution is 1.05. The zero-order valence-corrected chi connectivity index (χ0v) is 9.83. The molecular weight excluding hydrogens is 194 g/mol.